The molecule has 118 valence electrons. The molecule has 0 aliphatic heterocycles. The van der Waals surface area contributed by atoms with Gasteiger partial charge < -0.3 is 5.32 Å². The lowest BCUT2D eigenvalue weighted by atomic mass is 9.81. The van der Waals surface area contributed by atoms with Gasteiger partial charge in [0.05, 0.1) is 0 Å². The number of benzene rings is 1. The van der Waals surface area contributed by atoms with Crippen LogP contribution in [0.3, 0.4) is 0 Å². The first kappa shape index (κ1) is 16.4. The maximum absolute atomic E-state index is 13.8. The molecule has 1 aliphatic rings. The molecule has 1 saturated carbocycles. The molecule has 2 rings (SSSR count). The average Bonchev–Trinajstić information content (AvgIpc) is 2.37. The number of rotatable bonds is 5. The van der Waals surface area contributed by atoms with Crippen molar-refractivity contribution in [1.29, 1.82) is 0 Å². The van der Waals surface area contributed by atoms with Crippen molar-refractivity contribution in [2.45, 2.75) is 65.0 Å². The Bertz CT molecular complexity index is 459. The second kappa shape index (κ2) is 7.35. The van der Waals surface area contributed by atoms with Crippen molar-refractivity contribution < 1.29 is 8.78 Å². The molecule has 21 heavy (non-hydrogen) atoms. The lowest BCUT2D eigenvalue weighted by Crippen LogP contribution is -2.36. The zero-order valence-corrected chi connectivity index (χ0v) is 13.3. The quantitative estimate of drug-likeness (QED) is 0.785. The van der Waals surface area contributed by atoms with Gasteiger partial charge in [-0.25, -0.2) is 8.78 Å². The van der Waals surface area contributed by atoms with E-state index in [1.165, 1.54) is 31.7 Å². The third-order valence-corrected chi connectivity index (χ3v) is 4.50. The van der Waals surface area contributed by atoms with E-state index in [0.717, 1.165) is 24.3 Å². The number of hydrogen-bond acceptors (Lipinski definition) is 1. The van der Waals surface area contributed by atoms with Crippen LogP contribution in [0.5, 0.6) is 0 Å². The normalized spacial score (nSPS) is 24.3. The molecule has 3 heteroatoms. The minimum atomic E-state index is -0.516. The molecular weight excluding hydrogens is 268 g/mol. The molecule has 1 fully saturated rings. The maximum atomic E-state index is 13.8. The first-order valence-corrected chi connectivity index (χ1v) is 8.16. The second-order valence-corrected chi connectivity index (χ2v) is 6.91. The van der Waals surface area contributed by atoms with Gasteiger partial charge in [0.25, 0.3) is 0 Å². The first-order chi connectivity index (χ1) is 9.95. The Kier molecular flexibility index (Phi) is 5.74. The molecule has 1 aromatic carbocycles. The van der Waals surface area contributed by atoms with E-state index in [1.54, 1.807) is 6.07 Å². The highest BCUT2D eigenvalue weighted by molar-refractivity contribution is 5.21. The standard InChI is InChI=1S/C18H27F2N/c1-12(2)9-14-5-4-6-16(10-14)21-13(3)17-8-7-15(19)11-18(17)20/h7-8,11-14,16,21H,4-6,9-10H2,1-3H3. The number of hydrogen-bond donors (Lipinski definition) is 1. The van der Waals surface area contributed by atoms with Crippen LogP contribution >= 0.6 is 0 Å². The Morgan fingerprint density at radius 2 is 1.95 bits per heavy atom. The smallest absolute Gasteiger partial charge is 0.130 e. The molecule has 3 atom stereocenters. The minimum absolute atomic E-state index is 0.0756. The predicted octanol–water partition coefficient (Wildman–Crippen LogP) is 5.22. The number of halogens is 2. The van der Waals surface area contributed by atoms with Crippen molar-refractivity contribution in [2.75, 3.05) is 0 Å². The predicted molar refractivity (Wildman–Crippen MR) is 83.1 cm³/mol. The summed E-state index contributed by atoms with van der Waals surface area (Å²) in [5, 5.41) is 3.54. The Morgan fingerprint density at radius 3 is 2.62 bits per heavy atom. The molecule has 0 heterocycles. The Balaban J connectivity index is 1.94. The van der Waals surface area contributed by atoms with E-state index in [4.69, 9.17) is 0 Å². The van der Waals surface area contributed by atoms with Crippen molar-refractivity contribution in [1.82, 2.24) is 5.32 Å². The summed E-state index contributed by atoms with van der Waals surface area (Å²) >= 11 is 0. The Hall–Kier alpha value is -0.960. The molecule has 3 unspecified atom stereocenters. The lowest BCUT2D eigenvalue weighted by molar-refractivity contribution is 0.242. The zero-order valence-electron chi connectivity index (χ0n) is 13.3. The maximum Gasteiger partial charge on any atom is 0.130 e. The molecule has 1 nitrogen and oxygen atoms in total. The van der Waals surface area contributed by atoms with Crippen molar-refractivity contribution >= 4 is 0 Å². The zero-order chi connectivity index (χ0) is 15.4. The molecule has 1 N–H and O–H groups in total. The van der Waals surface area contributed by atoms with Crippen LogP contribution in [0.1, 0.15) is 64.5 Å². The summed E-state index contributed by atoms with van der Waals surface area (Å²) in [5.41, 5.74) is 0.558. The van der Waals surface area contributed by atoms with Crippen LogP contribution in [0.2, 0.25) is 0 Å². The van der Waals surface area contributed by atoms with Gasteiger partial charge in [-0.15, -0.1) is 0 Å². The molecule has 0 bridgehead atoms. The van der Waals surface area contributed by atoms with Gasteiger partial charge in [0.15, 0.2) is 0 Å². The molecular formula is C18H27F2N. The molecule has 0 amide bonds. The Morgan fingerprint density at radius 1 is 1.19 bits per heavy atom. The highest BCUT2D eigenvalue weighted by atomic mass is 19.1. The third kappa shape index (κ3) is 4.77. The largest absolute Gasteiger partial charge is 0.307 e. The van der Waals surface area contributed by atoms with Gasteiger partial charge in [0, 0.05) is 23.7 Å². The highest BCUT2D eigenvalue weighted by Gasteiger charge is 2.24. The second-order valence-electron chi connectivity index (χ2n) is 6.91. The van der Waals surface area contributed by atoms with Crippen molar-refractivity contribution in [3.05, 3.63) is 35.4 Å². The monoisotopic (exact) mass is 295 g/mol. The van der Waals surface area contributed by atoms with Gasteiger partial charge in [0.1, 0.15) is 11.6 Å². The summed E-state index contributed by atoms with van der Waals surface area (Å²) in [6, 6.07) is 4.22. The van der Waals surface area contributed by atoms with E-state index in [0.29, 0.717) is 11.6 Å². The van der Waals surface area contributed by atoms with E-state index in [9.17, 15) is 8.78 Å². The van der Waals surface area contributed by atoms with Gasteiger partial charge in [-0.3, -0.25) is 0 Å². The van der Waals surface area contributed by atoms with Crippen LogP contribution in [-0.2, 0) is 0 Å². The van der Waals surface area contributed by atoms with Crippen LogP contribution < -0.4 is 5.32 Å². The van der Waals surface area contributed by atoms with Crippen LogP contribution in [0, 0.1) is 23.5 Å². The molecule has 0 radical (unpaired) electrons. The van der Waals surface area contributed by atoms with Gasteiger partial charge in [-0.05, 0) is 44.1 Å². The van der Waals surface area contributed by atoms with Crippen molar-refractivity contribution in [3.63, 3.8) is 0 Å². The molecule has 0 spiro atoms. The summed E-state index contributed by atoms with van der Waals surface area (Å²) < 4.78 is 26.8. The molecule has 1 aliphatic carbocycles. The van der Waals surface area contributed by atoms with Crippen LogP contribution in [0.15, 0.2) is 18.2 Å². The average molecular weight is 295 g/mol. The lowest BCUT2D eigenvalue weighted by Gasteiger charge is -2.33. The van der Waals surface area contributed by atoms with E-state index in [1.807, 2.05) is 6.92 Å². The minimum Gasteiger partial charge on any atom is -0.307 e. The first-order valence-electron chi connectivity index (χ1n) is 8.16. The molecule has 0 saturated heterocycles. The summed E-state index contributed by atoms with van der Waals surface area (Å²) in [6.07, 6.45) is 6.16. The van der Waals surface area contributed by atoms with Gasteiger partial charge in [-0.2, -0.15) is 0 Å². The summed E-state index contributed by atoms with van der Waals surface area (Å²) in [6.45, 7) is 6.50. The van der Waals surface area contributed by atoms with Gasteiger partial charge in [-0.1, -0.05) is 32.8 Å². The van der Waals surface area contributed by atoms with E-state index in [-0.39, 0.29) is 6.04 Å². The van der Waals surface area contributed by atoms with E-state index < -0.39 is 11.6 Å². The van der Waals surface area contributed by atoms with Crippen LogP contribution in [0.4, 0.5) is 8.78 Å². The van der Waals surface area contributed by atoms with E-state index >= 15 is 0 Å². The summed E-state index contributed by atoms with van der Waals surface area (Å²) in [5.74, 6) is 0.546. The fourth-order valence-corrected chi connectivity index (χ4v) is 3.62. The fourth-order valence-electron chi connectivity index (χ4n) is 3.62. The van der Waals surface area contributed by atoms with Crippen molar-refractivity contribution in [2.24, 2.45) is 11.8 Å². The topological polar surface area (TPSA) is 12.0 Å². The Labute approximate surface area is 127 Å². The van der Waals surface area contributed by atoms with E-state index in [2.05, 4.69) is 19.2 Å². The molecule has 0 aromatic heterocycles. The fraction of sp³-hybridized carbons (Fsp3) is 0.667. The SMILES string of the molecule is CC(C)CC1CCCC(NC(C)c2ccc(F)cc2F)C1. The molecule has 1 aromatic rings. The van der Waals surface area contributed by atoms with Gasteiger partial charge in [0.2, 0.25) is 0 Å². The number of nitrogens with one attached hydrogen (secondary N) is 1. The van der Waals surface area contributed by atoms with Crippen LogP contribution in [-0.4, -0.2) is 6.04 Å². The summed E-state index contributed by atoms with van der Waals surface area (Å²) in [7, 11) is 0. The third-order valence-electron chi connectivity index (χ3n) is 4.50. The van der Waals surface area contributed by atoms with Crippen molar-refractivity contribution in [3.8, 4) is 0 Å². The van der Waals surface area contributed by atoms with Gasteiger partial charge >= 0.3 is 0 Å². The van der Waals surface area contributed by atoms with Crippen LogP contribution in [0.25, 0.3) is 0 Å². The summed E-state index contributed by atoms with van der Waals surface area (Å²) in [4.78, 5) is 0. The highest BCUT2D eigenvalue weighted by Crippen LogP contribution is 2.31.